The van der Waals surface area contributed by atoms with Gasteiger partial charge in [-0.2, -0.15) is 0 Å². The van der Waals surface area contributed by atoms with Crippen LogP contribution in [0.25, 0.3) is 0 Å². The number of amides is 3. The lowest BCUT2D eigenvalue weighted by molar-refractivity contribution is -0.125. The molecule has 3 fully saturated rings. The SMILES string of the molecule is O=C1CN(CCC2CO2)C(=O)N1CCC1CO1. The van der Waals surface area contributed by atoms with E-state index >= 15 is 0 Å². The molecule has 2 atom stereocenters. The van der Waals surface area contributed by atoms with Gasteiger partial charge in [-0.05, 0) is 12.8 Å². The Labute approximate surface area is 99.4 Å². The van der Waals surface area contributed by atoms with Gasteiger partial charge in [0, 0.05) is 13.1 Å². The van der Waals surface area contributed by atoms with Crippen LogP contribution in [0, 0.1) is 0 Å². The summed E-state index contributed by atoms with van der Waals surface area (Å²) in [5.41, 5.74) is 0. The van der Waals surface area contributed by atoms with E-state index in [0.717, 1.165) is 26.1 Å². The molecule has 3 amide bonds. The van der Waals surface area contributed by atoms with Crippen molar-refractivity contribution in [3.8, 4) is 0 Å². The molecule has 3 aliphatic heterocycles. The molecule has 0 bridgehead atoms. The van der Waals surface area contributed by atoms with Gasteiger partial charge >= 0.3 is 6.03 Å². The Balaban J connectivity index is 1.49. The van der Waals surface area contributed by atoms with Crippen molar-refractivity contribution in [2.75, 3.05) is 32.8 Å². The molecule has 0 radical (unpaired) electrons. The Kier molecular flexibility index (Phi) is 2.76. The standard InChI is InChI=1S/C11H16N2O4/c14-10-5-12(3-1-8-6-16-8)11(15)13(10)4-2-9-7-17-9/h8-9H,1-7H2. The minimum atomic E-state index is -0.156. The molecule has 6 nitrogen and oxygen atoms in total. The molecule has 2 unspecified atom stereocenters. The van der Waals surface area contributed by atoms with Crippen LogP contribution in [0.5, 0.6) is 0 Å². The highest BCUT2D eigenvalue weighted by molar-refractivity contribution is 6.01. The van der Waals surface area contributed by atoms with Gasteiger partial charge in [0.25, 0.3) is 0 Å². The highest BCUT2D eigenvalue weighted by atomic mass is 16.6. The second kappa shape index (κ2) is 4.27. The largest absolute Gasteiger partial charge is 0.373 e. The maximum absolute atomic E-state index is 11.9. The van der Waals surface area contributed by atoms with Crippen LogP contribution in [0.2, 0.25) is 0 Å². The van der Waals surface area contributed by atoms with E-state index in [1.165, 1.54) is 4.90 Å². The zero-order chi connectivity index (χ0) is 11.8. The molecule has 0 aromatic carbocycles. The predicted octanol–water partition coefficient (Wildman–Crippen LogP) is -0.172. The average Bonchev–Trinajstić information content (AvgIpc) is 3.17. The van der Waals surface area contributed by atoms with E-state index in [1.807, 2.05) is 0 Å². The summed E-state index contributed by atoms with van der Waals surface area (Å²) in [4.78, 5) is 26.6. The zero-order valence-electron chi connectivity index (χ0n) is 9.63. The van der Waals surface area contributed by atoms with Gasteiger partial charge in [-0.3, -0.25) is 9.69 Å². The summed E-state index contributed by atoms with van der Waals surface area (Å²) >= 11 is 0. The van der Waals surface area contributed by atoms with Gasteiger partial charge in [0.15, 0.2) is 0 Å². The summed E-state index contributed by atoms with van der Waals surface area (Å²) in [7, 11) is 0. The summed E-state index contributed by atoms with van der Waals surface area (Å²) in [5.74, 6) is -0.0904. The van der Waals surface area contributed by atoms with Crippen LogP contribution in [0.15, 0.2) is 0 Å². The van der Waals surface area contributed by atoms with E-state index < -0.39 is 0 Å². The van der Waals surface area contributed by atoms with Crippen LogP contribution in [0.3, 0.4) is 0 Å². The first-order chi connectivity index (χ1) is 8.24. The van der Waals surface area contributed by atoms with Crippen LogP contribution in [-0.4, -0.2) is 66.8 Å². The first kappa shape index (κ1) is 11.0. The van der Waals surface area contributed by atoms with Crippen molar-refractivity contribution in [2.24, 2.45) is 0 Å². The third kappa shape index (κ3) is 2.58. The Morgan fingerprint density at radius 2 is 1.65 bits per heavy atom. The molecule has 0 N–H and O–H groups in total. The molecule has 3 rings (SSSR count). The molecule has 94 valence electrons. The second-order valence-electron chi connectivity index (χ2n) is 4.74. The third-order valence-electron chi connectivity index (χ3n) is 3.33. The van der Waals surface area contributed by atoms with Gasteiger partial charge in [0.1, 0.15) is 6.54 Å². The van der Waals surface area contributed by atoms with Crippen LogP contribution in [-0.2, 0) is 14.3 Å². The number of carbonyl (C=O) groups excluding carboxylic acids is 2. The first-order valence-electron chi connectivity index (χ1n) is 6.06. The van der Waals surface area contributed by atoms with E-state index in [0.29, 0.717) is 19.2 Å². The Hall–Kier alpha value is -1.14. The highest BCUT2D eigenvalue weighted by Gasteiger charge is 2.37. The molecule has 0 saturated carbocycles. The van der Waals surface area contributed by atoms with Crippen LogP contribution in [0.1, 0.15) is 12.8 Å². The zero-order valence-corrected chi connectivity index (χ0v) is 9.63. The van der Waals surface area contributed by atoms with Crippen LogP contribution >= 0.6 is 0 Å². The van der Waals surface area contributed by atoms with Gasteiger partial charge < -0.3 is 14.4 Å². The molecule has 17 heavy (non-hydrogen) atoms. The Morgan fingerprint density at radius 1 is 1.06 bits per heavy atom. The predicted molar refractivity (Wildman–Crippen MR) is 57.4 cm³/mol. The molecule has 0 spiro atoms. The summed E-state index contributed by atoms with van der Waals surface area (Å²) in [5, 5.41) is 0. The van der Waals surface area contributed by atoms with Crippen molar-refractivity contribution in [1.29, 1.82) is 0 Å². The highest BCUT2D eigenvalue weighted by Crippen LogP contribution is 2.19. The number of nitrogens with zero attached hydrogens (tertiary/aromatic N) is 2. The molecule has 0 aromatic heterocycles. The minimum Gasteiger partial charge on any atom is -0.373 e. The number of hydrogen-bond donors (Lipinski definition) is 0. The summed E-state index contributed by atoms with van der Waals surface area (Å²) in [6.45, 7) is 2.87. The van der Waals surface area contributed by atoms with E-state index in [-0.39, 0.29) is 24.6 Å². The molecular weight excluding hydrogens is 224 g/mol. The quantitative estimate of drug-likeness (QED) is 0.477. The Morgan fingerprint density at radius 3 is 2.24 bits per heavy atom. The fourth-order valence-electron chi connectivity index (χ4n) is 2.03. The minimum absolute atomic E-state index is 0.0904. The van der Waals surface area contributed by atoms with Gasteiger partial charge in [-0.25, -0.2) is 4.79 Å². The smallest absolute Gasteiger partial charge is 0.327 e. The van der Waals surface area contributed by atoms with Gasteiger partial charge in [-0.1, -0.05) is 0 Å². The number of rotatable bonds is 6. The van der Waals surface area contributed by atoms with Crippen molar-refractivity contribution in [3.05, 3.63) is 0 Å². The first-order valence-corrected chi connectivity index (χ1v) is 6.06. The number of carbonyl (C=O) groups is 2. The molecule has 3 aliphatic rings. The van der Waals surface area contributed by atoms with Gasteiger partial charge in [0.05, 0.1) is 25.4 Å². The maximum atomic E-state index is 11.9. The van der Waals surface area contributed by atoms with Crippen molar-refractivity contribution >= 4 is 11.9 Å². The van der Waals surface area contributed by atoms with Crippen molar-refractivity contribution in [1.82, 2.24) is 9.80 Å². The van der Waals surface area contributed by atoms with Gasteiger partial charge in [0.2, 0.25) is 5.91 Å². The molecule has 3 saturated heterocycles. The lowest BCUT2D eigenvalue weighted by atomic mass is 10.3. The number of hydrogen-bond acceptors (Lipinski definition) is 4. The van der Waals surface area contributed by atoms with Crippen LogP contribution in [0.4, 0.5) is 4.79 Å². The van der Waals surface area contributed by atoms with E-state index in [4.69, 9.17) is 9.47 Å². The second-order valence-corrected chi connectivity index (χ2v) is 4.74. The van der Waals surface area contributed by atoms with Crippen molar-refractivity contribution in [3.63, 3.8) is 0 Å². The molecule has 0 aliphatic carbocycles. The summed E-state index contributed by atoms with van der Waals surface area (Å²) < 4.78 is 10.2. The monoisotopic (exact) mass is 240 g/mol. The van der Waals surface area contributed by atoms with E-state index in [2.05, 4.69) is 0 Å². The summed E-state index contributed by atoms with van der Waals surface area (Å²) in [6.07, 6.45) is 2.15. The lowest BCUT2D eigenvalue weighted by Crippen LogP contribution is -2.35. The molecular formula is C11H16N2O4. The van der Waals surface area contributed by atoms with Gasteiger partial charge in [-0.15, -0.1) is 0 Å². The lowest BCUT2D eigenvalue weighted by Gasteiger charge is -2.16. The molecule has 3 heterocycles. The average molecular weight is 240 g/mol. The maximum Gasteiger partial charge on any atom is 0.327 e. The fraction of sp³-hybridized carbons (Fsp3) is 0.818. The van der Waals surface area contributed by atoms with Crippen molar-refractivity contribution < 1.29 is 19.1 Å². The van der Waals surface area contributed by atoms with E-state index in [9.17, 15) is 9.59 Å². The number of urea groups is 1. The fourth-order valence-corrected chi connectivity index (χ4v) is 2.03. The Bertz CT molecular complexity index is 338. The van der Waals surface area contributed by atoms with E-state index in [1.54, 1.807) is 4.90 Å². The number of ether oxygens (including phenoxy) is 2. The normalized spacial score (nSPS) is 31.3. The summed E-state index contributed by atoms with van der Waals surface area (Å²) in [6, 6.07) is -0.156. The number of imide groups is 1. The van der Waals surface area contributed by atoms with Crippen molar-refractivity contribution in [2.45, 2.75) is 25.0 Å². The molecule has 6 heteroatoms. The number of epoxide rings is 2. The topological polar surface area (TPSA) is 65.7 Å². The third-order valence-corrected chi connectivity index (χ3v) is 3.33. The molecule has 0 aromatic rings. The van der Waals surface area contributed by atoms with Crippen LogP contribution < -0.4 is 0 Å².